The van der Waals surface area contributed by atoms with E-state index in [4.69, 9.17) is 0 Å². The molecule has 0 aromatic heterocycles. The lowest BCUT2D eigenvalue weighted by atomic mass is 9.76. The van der Waals surface area contributed by atoms with Crippen LogP contribution in [0.5, 0.6) is 0 Å². The van der Waals surface area contributed by atoms with Gasteiger partial charge < -0.3 is 0 Å². The van der Waals surface area contributed by atoms with Gasteiger partial charge in [0.2, 0.25) is 0 Å². The van der Waals surface area contributed by atoms with Gasteiger partial charge in [-0.05, 0) is 11.4 Å². The normalized spacial score (nSPS) is 13.6. The summed E-state index contributed by atoms with van der Waals surface area (Å²) in [5.41, 5.74) is 0. The van der Waals surface area contributed by atoms with Crippen molar-refractivity contribution in [1.82, 2.24) is 0 Å². The molecule has 0 heterocycles. The third-order valence-electron chi connectivity index (χ3n) is 1.08. The molecule has 0 fully saturated rings. The number of hydrogen-bond acceptors (Lipinski definition) is 1. The Labute approximate surface area is 51.3 Å². The summed E-state index contributed by atoms with van der Waals surface area (Å²) in [6.07, 6.45) is 3.41. The molecule has 0 saturated heterocycles. The van der Waals surface area contributed by atoms with Gasteiger partial charge in [-0.2, -0.15) is 11.8 Å². The Morgan fingerprint density at radius 3 is 2.29 bits per heavy atom. The Hall–Kier alpha value is 0.415. The second-order valence-electron chi connectivity index (χ2n) is 1.52. The first-order valence-electron chi connectivity index (χ1n) is 2.67. The van der Waals surface area contributed by atoms with Gasteiger partial charge >= 0.3 is 0 Å². The van der Waals surface area contributed by atoms with Gasteiger partial charge in [0.25, 0.3) is 0 Å². The van der Waals surface area contributed by atoms with Crippen molar-refractivity contribution in [2.45, 2.75) is 25.3 Å². The molecule has 0 aliphatic rings. The second kappa shape index (κ2) is 4.57. The molecule has 0 aromatic rings. The molecule has 1 atom stereocenters. The lowest BCUT2D eigenvalue weighted by Crippen LogP contribution is -2.05. The van der Waals surface area contributed by atoms with E-state index in [1.165, 1.54) is 6.42 Å². The topological polar surface area (TPSA) is 0 Å². The van der Waals surface area contributed by atoms with Gasteiger partial charge in [0.05, 0.1) is 0 Å². The van der Waals surface area contributed by atoms with Gasteiger partial charge in [0.15, 0.2) is 0 Å². The monoisotopic (exact) mass is 115 g/mol. The van der Waals surface area contributed by atoms with Crippen molar-refractivity contribution in [2.75, 3.05) is 6.26 Å². The lowest BCUT2D eigenvalue weighted by molar-refractivity contribution is 1.04. The first-order chi connectivity index (χ1) is 3.35. The molecule has 7 heavy (non-hydrogen) atoms. The summed E-state index contributed by atoms with van der Waals surface area (Å²) >= 11 is 1.91. The molecule has 1 radical (unpaired) electrons. The van der Waals surface area contributed by atoms with Crippen LogP contribution in [0.3, 0.4) is 0 Å². The van der Waals surface area contributed by atoms with E-state index in [0.717, 1.165) is 5.15 Å². The van der Waals surface area contributed by atoms with Crippen LogP contribution in [0.1, 0.15) is 13.3 Å². The third kappa shape index (κ3) is 3.04. The molecule has 41 valence electrons. The summed E-state index contributed by atoms with van der Waals surface area (Å²) in [4.78, 5) is 0. The SMILES string of the molecule is C[B]C(CC)SC. The standard InChI is InChI=1S/C5H12BS/c1-4-5(6-2)7-3/h5H,4H2,1-3H3. The van der Waals surface area contributed by atoms with Crippen LogP contribution in [0.25, 0.3) is 0 Å². The molecule has 0 aliphatic carbocycles. The van der Waals surface area contributed by atoms with Gasteiger partial charge in [0, 0.05) is 0 Å². The minimum Gasteiger partial charge on any atom is -0.171 e. The van der Waals surface area contributed by atoms with Crippen molar-refractivity contribution in [1.29, 1.82) is 0 Å². The van der Waals surface area contributed by atoms with E-state index in [0.29, 0.717) is 0 Å². The summed E-state index contributed by atoms with van der Waals surface area (Å²) in [6, 6.07) is 0. The molecule has 0 bridgehead atoms. The van der Waals surface area contributed by atoms with E-state index in [1.807, 2.05) is 11.8 Å². The summed E-state index contributed by atoms with van der Waals surface area (Å²) in [5, 5.41) is 0.778. The predicted molar refractivity (Wildman–Crippen MR) is 39.2 cm³/mol. The highest BCUT2D eigenvalue weighted by Gasteiger charge is 1.97. The van der Waals surface area contributed by atoms with Crippen LogP contribution in [-0.2, 0) is 0 Å². The third-order valence-corrected chi connectivity index (χ3v) is 2.29. The number of hydrogen-bond donors (Lipinski definition) is 0. The molecule has 1 unspecified atom stereocenters. The van der Waals surface area contributed by atoms with Crippen molar-refractivity contribution in [3.05, 3.63) is 0 Å². The number of thioether (sulfide) groups is 1. The van der Waals surface area contributed by atoms with Gasteiger partial charge in [-0.3, -0.25) is 0 Å². The van der Waals surface area contributed by atoms with Gasteiger partial charge in [0.1, 0.15) is 7.28 Å². The smallest absolute Gasteiger partial charge is 0.123 e. The Morgan fingerprint density at radius 2 is 2.29 bits per heavy atom. The zero-order chi connectivity index (χ0) is 5.70. The molecule has 0 aromatic carbocycles. The average Bonchev–Trinajstić information content (AvgIpc) is 1.72. The maximum atomic E-state index is 2.24. The lowest BCUT2D eigenvalue weighted by Gasteiger charge is -2.04. The Balaban J connectivity index is 2.99. The highest BCUT2D eigenvalue weighted by Crippen LogP contribution is 2.07. The molecule has 0 amide bonds. The van der Waals surface area contributed by atoms with E-state index in [-0.39, 0.29) is 0 Å². The van der Waals surface area contributed by atoms with Crippen molar-refractivity contribution in [2.24, 2.45) is 0 Å². The van der Waals surface area contributed by atoms with Gasteiger partial charge in [-0.1, -0.05) is 20.2 Å². The largest absolute Gasteiger partial charge is 0.171 e. The van der Waals surface area contributed by atoms with Crippen molar-refractivity contribution < 1.29 is 0 Å². The van der Waals surface area contributed by atoms with E-state index in [9.17, 15) is 0 Å². The van der Waals surface area contributed by atoms with E-state index < -0.39 is 0 Å². The van der Waals surface area contributed by atoms with Crippen LogP contribution in [0.4, 0.5) is 0 Å². The van der Waals surface area contributed by atoms with Crippen LogP contribution in [0.15, 0.2) is 0 Å². The zero-order valence-corrected chi connectivity index (χ0v) is 6.09. The van der Waals surface area contributed by atoms with Crippen molar-refractivity contribution in [3.8, 4) is 0 Å². The maximum Gasteiger partial charge on any atom is 0.123 e. The molecule has 0 rings (SSSR count). The highest BCUT2D eigenvalue weighted by molar-refractivity contribution is 8.00. The number of rotatable bonds is 3. The highest BCUT2D eigenvalue weighted by atomic mass is 32.2. The van der Waals surface area contributed by atoms with Crippen LogP contribution >= 0.6 is 11.8 Å². The van der Waals surface area contributed by atoms with E-state index in [2.05, 4.69) is 27.3 Å². The maximum absolute atomic E-state index is 2.24. The van der Waals surface area contributed by atoms with Gasteiger partial charge in [-0.15, -0.1) is 0 Å². The Bertz CT molecular complexity index is 29.6. The summed E-state index contributed by atoms with van der Waals surface area (Å²) in [6.45, 7) is 4.33. The molecule has 0 nitrogen and oxygen atoms in total. The molecule has 0 N–H and O–H groups in total. The second-order valence-corrected chi connectivity index (χ2v) is 2.59. The van der Waals surface area contributed by atoms with Crippen LogP contribution in [-0.4, -0.2) is 18.7 Å². The van der Waals surface area contributed by atoms with Crippen LogP contribution in [0, 0.1) is 0 Å². The van der Waals surface area contributed by atoms with Crippen LogP contribution in [0.2, 0.25) is 6.82 Å². The van der Waals surface area contributed by atoms with Crippen LogP contribution < -0.4 is 0 Å². The quantitative estimate of drug-likeness (QED) is 0.505. The minimum absolute atomic E-state index is 0.778. The zero-order valence-electron chi connectivity index (χ0n) is 5.27. The fraction of sp³-hybridized carbons (Fsp3) is 1.00. The van der Waals surface area contributed by atoms with Crippen molar-refractivity contribution >= 4 is 19.0 Å². The average molecular weight is 115 g/mol. The molecule has 0 aliphatic heterocycles. The molecular weight excluding hydrogens is 103 g/mol. The molecule has 2 heteroatoms. The van der Waals surface area contributed by atoms with Crippen molar-refractivity contribution in [3.63, 3.8) is 0 Å². The first kappa shape index (κ1) is 7.41. The predicted octanol–water partition coefficient (Wildman–Crippen LogP) is 1.84. The first-order valence-corrected chi connectivity index (χ1v) is 3.96. The fourth-order valence-electron chi connectivity index (χ4n) is 0.538. The molecule has 0 saturated carbocycles. The van der Waals surface area contributed by atoms with E-state index >= 15 is 0 Å². The molecule has 0 spiro atoms. The Kier molecular flexibility index (Phi) is 4.84. The minimum atomic E-state index is 0.778. The van der Waals surface area contributed by atoms with Gasteiger partial charge in [-0.25, -0.2) is 0 Å². The fourth-order valence-corrected chi connectivity index (χ4v) is 1.14. The Morgan fingerprint density at radius 1 is 1.71 bits per heavy atom. The summed E-state index contributed by atoms with van der Waals surface area (Å²) in [5.74, 6) is 0. The van der Waals surface area contributed by atoms with E-state index in [1.54, 1.807) is 0 Å². The molecular formula is C5H12BS. The summed E-state index contributed by atoms with van der Waals surface area (Å²) in [7, 11) is 2.24. The summed E-state index contributed by atoms with van der Waals surface area (Å²) < 4.78 is 0.